The average molecular weight is 451 g/mol. The third kappa shape index (κ3) is 5.38. The monoisotopic (exact) mass is 451 g/mol. The van der Waals surface area contributed by atoms with E-state index in [-0.39, 0.29) is 22.0 Å². The molecule has 10 nitrogen and oxygen atoms in total. The maximum atomic E-state index is 13.0. The first kappa shape index (κ1) is 22.3. The van der Waals surface area contributed by atoms with Crippen LogP contribution in [0.5, 0.6) is 5.75 Å². The number of nitrogens with zero attached hydrogens (tertiary/aromatic N) is 3. The molecule has 0 aliphatic rings. The van der Waals surface area contributed by atoms with Gasteiger partial charge in [-0.1, -0.05) is 12.1 Å². The number of non-ortho nitro benzene ring substituents is 1. The second-order valence-corrected chi connectivity index (χ2v) is 8.03. The number of nitro groups is 1. The lowest BCUT2D eigenvalue weighted by molar-refractivity contribution is -0.385. The lowest BCUT2D eigenvalue weighted by atomic mass is 10.2. The number of anilines is 2. The summed E-state index contributed by atoms with van der Waals surface area (Å²) in [5.74, 6) is 0.544. The van der Waals surface area contributed by atoms with E-state index in [0.29, 0.717) is 16.9 Å². The number of ether oxygens (including phenoxy) is 1. The zero-order valence-electron chi connectivity index (χ0n) is 16.7. The minimum Gasteiger partial charge on any atom is -0.497 e. The van der Waals surface area contributed by atoms with Crippen LogP contribution in [0.25, 0.3) is 0 Å². The molecule has 0 heterocycles. The highest BCUT2D eigenvalue weighted by Crippen LogP contribution is 2.28. The van der Waals surface area contributed by atoms with E-state index in [1.165, 1.54) is 37.6 Å². The summed E-state index contributed by atoms with van der Waals surface area (Å²) in [5, 5.41) is 24.0. The van der Waals surface area contributed by atoms with Crippen LogP contribution >= 0.6 is 0 Å². The molecule has 0 fully saturated rings. The second-order valence-electron chi connectivity index (χ2n) is 6.38. The van der Waals surface area contributed by atoms with Crippen LogP contribution in [0, 0.1) is 21.4 Å². The third-order valence-corrected chi connectivity index (χ3v) is 5.67. The third-order valence-electron chi connectivity index (χ3n) is 4.25. The van der Waals surface area contributed by atoms with Gasteiger partial charge >= 0.3 is 0 Å². The Morgan fingerprint density at radius 1 is 1.09 bits per heavy atom. The van der Waals surface area contributed by atoms with Gasteiger partial charge in [0, 0.05) is 17.8 Å². The van der Waals surface area contributed by atoms with E-state index in [0.717, 1.165) is 6.07 Å². The Bertz CT molecular complexity index is 1300. The van der Waals surface area contributed by atoms with E-state index < -0.39 is 14.9 Å². The average Bonchev–Trinajstić information content (AvgIpc) is 2.79. The summed E-state index contributed by atoms with van der Waals surface area (Å²) in [4.78, 5) is 10.1. The van der Waals surface area contributed by atoms with Crippen LogP contribution < -0.4 is 14.9 Å². The van der Waals surface area contributed by atoms with E-state index in [4.69, 9.17) is 10.00 Å². The minimum atomic E-state index is -4.19. The molecule has 0 aliphatic carbocycles. The van der Waals surface area contributed by atoms with E-state index in [2.05, 4.69) is 15.2 Å². The van der Waals surface area contributed by atoms with Crippen LogP contribution in [0.15, 0.2) is 76.7 Å². The van der Waals surface area contributed by atoms with E-state index in [1.54, 1.807) is 36.4 Å². The van der Waals surface area contributed by atoms with Gasteiger partial charge in [-0.3, -0.25) is 20.3 Å². The van der Waals surface area contributed by atoms with Crippen molar-refractivity contribution in [3.8, 4) is 11.8 Å². The number of hydrogen-bond donors (Lipinski definition) is 2. The van der Waals surface area contributed by atoms with Crippen LogP contribution in [0.3, 0.4) is 0 Å². The zero-order valence-corrected chi connectivity index (χ0v) is 17.5. The molecule has 0 bridgehead atoms. The molecule has 162 valence electrons. The molecule has 0 spiro atoms. The number of hydrogen-bond acceptors (Lipinski definition) is 8. The molecular formula is C21H17N5O5S. The molecule has 0 atom stereocenters. The number of nitro benzene ring substituents is 1. The van der Waals surface area contributed by atoms with Gasteiger partial charge in [-0.15, -0.1) is 0 Å². The quantitative estimate of drug-likeness (QED) is 0.301. The van der Waals surface area contributed by atoms with Gasteiger partial charge in [0.25, 0.3) is 15.7 Å². The summed E-state index contributed by atoms with van der Waals surface area (Å²) < 4.78 is 33.4. The lowest BCUT2D eigenvalue weighted by Gasteiger charge is -2.12. The van der Waals surface area contributed by atoms with Gasteiger partial charge in [0.05, 0.1) is 35.6 Å². The number of hydrazone groups is 1. The Balaban J connectivity index is 1.89. The number of rotatable bonds is 8. The Morgan fingerprint density at radius 2 is 1.78 bits per heavy atom. The summed E-state index contributed by atoms with van der Waals surface area (Å²) >= 11 is 0. The zero-order chi connectivity index (χ0) is 23.1. The second kappa shape index (κ2) is 9.59. The molecule has 0 saturated heterocycles. The molecule has 0 radical (unpaired) electrons. The highest BCUT2D eigenvalue weighted by molar-refractivity contribution is 7.92. The molecule has 0 aliphatic heterocycles. The Kier molecular flexibility index (Phi) is 6.67. The maximum absolute atomic E-state index is 13.0. The fraction of sp³-hybridized carbons (Fsp3) is 0.0476. The highest BCUT2D eigenvalue weighted by Gasteiger charge is 2.22. The molecule has 3 rings (SSSR count). The molecule has 2 N–H and O–H groups in total. The molecule has 3 aromatic carbocycles. The fourth-order valence-corrected chi connectivity index (χ4v) is 3.86. The standard InChI is InChI=1S/C21H17N5O5S/c1-31-19-9-6-17(7-10-19)25-32(29,30)21-12-18(26(27)28)8-11-20(21)24-23-14-16-4-2-15(13-22)3-5-16/h2-12,14,24-25H,1H3/b23-14-. The van der Waals surface area contributed by atoms with Gasteiger partial charge < -0.3 is 4.74 Å². The van der Waals surface area contributed by atoms with Gasteiger partial charge in [0.2, 0.25) is 0 Å². The Hall–Kier alpha value is -4.43. The van der Waals surface area contributed by atoms with Crippen LogP contribution in [0.1, 0.15) is 11.1 Å². The van der Waals surface area contributed by atoms with Gasteiger partial charge in [-0.25, -0.2) is 8.42 Å². The molecule has 0 amide bonds. The normalized spacial score (nSPS) is 11.0. The number of benzene rings is 3. The summed E-state index contributed by atoms with van der Waals surface area (Å²) in [7, 11) is -2.71. The van der Waals surface area contributed by atoms with Crippen molar-refractivity contribution in [3.05, 3.63) is 88.0 Å². The van der Waals surface area contributed by atoms with Crippen LogP contribution in [0.4, 0.5) is 17.1 Å². The largest absolute Gasteiger partial charge is 0.497 e. The lowest BCUT2D eigenvalue weighted by Crippen LogP contribution is -2.15. The fourth-order valence-electron chi connectivity index (χ4n) is 2.63. The summed E-state index contributed by atoms with van der Waals surface area (Å²) in [6.07, 6.45) is 1.43. The van der Waals surface area contributed by atoms with Crippen molar-refractivity contribution in [2.45, 2.75) is 4.90 Å². The maximum Gasteiger partial charge on any atom is 0.270 e. The molecule has 0 aromatic heterocycles. The number of sulfonamides is 1. The SMILES string of the molecule is COc1ccc(NS(=O)(=O)c2cc([N+](=O)[O-])ccc2N/N=C\c2ccc(C#N)cc2)cc1. The predicted molar refractivity (Wildman–Crippen MR) is 119 cm³/mol. The van der Waals surface area contributed by atoms with Crippen molar-refractivity contribution in [1.82, 2.24) is 0 Å². The smallest absolute Gasteiger partial charge is 0.270 e. The van der Waals surface area contributed by atoms with Crippen molar-refractivity contribution < 1.29 is 18.1 Å². The molecule has 0 unspecified atom stereocenters. The van der Waals surface area contributed by atoms with Crippen LogP contribution in [-0.4, -0.2) is 26.7 Å². The Morgan fingerprint density at radius 3 is 2.38 bits per heavy atom. The van der Waals surface area contributed by atoms with Gasteiger partial charge in [-0.05, 0) is 48.0 Å². The van der Waals surface area contributed by atoms with Crippen molar-refractivity contribution in [2.75, 3.05) is 17.3 Å². The van der Waals surface area contributed by atoms with E-state index in [1.807, 2.05) is 6.07 Å². The van der Waals surface area contributed by atoms with Gasteiger partial charge in [-0.2, -0.15) is 10.4 Å². The Labute approximate surface area is 184 Å². The molecule has 3 aromatic rings. The van der Waals surface area contributed by atoms with Gasteiger partial charge in [0.1, 0.15) is 10.6 Å². The number of nitriles is 1. The van der Waals surface area contributed by atoms with Crippen LogP contribution in [-0.2, 0) is 10.0 Å². The number of nitrogens with one attached hydrogen (secondary N) is 2. The summed E-state index contributed by atoms with van der Waals surface area (Å²) in [6, 6.07) is 18.1. The first-order valence-corrected chi connectivity index (χ1v) is 10.6. The van der Waals surface area contributed by atoms with Crippen molar-refractivity contribution in [1.29, 1.82) is 5.26 Å². The van der Waals surface area contributed by atoms with E-state index >= 15 is 0 Å². The summed E-state index contributed by atoms with van der Waals surface area (Å²) in [6.45, 7) is 0. The molecule has 32 heavy (non-hydrogen) atoms. The predicted octanol–water partition coefficient (Wildman–Crippen LogP) is 3.72. The van der Waals surface area contributed by atoms with E-state index in [9.17, 15) is 18.5 Å². The molecule has 11 heteroatoms. The van der Waals surface area contributed by atoms with Crippen molar-refractivity contribution in [3.63, 3.8) is 0 Å². The summed E-state index contributed by atoms with van der Waals surface area (Å²) in [5.41, 5.74) is 3.67. The highest BCUT2D eigenvalue weighted by atomic mass is 32.2. The first-order valence-electron chi connectivity index (χ1n) is 9.07. The van der Waals surface area contributed by atoms with Crippen molar-refractivity contribution in [2.24, 2.45) is 5.10 Å². The van der Waals surface area contributed by atoms with Gasteiger partial charge in [0.15, 0.2) is 0 Å². The van der Waals surface area contributed by atoms with Crippen molar-refractivity contribution >= 4 is 33.3 Å². The topological polar surface area (TPSA) is 147 Å². The first-order chi connectivity index (χ1) is 15.3. The molecular weight excluding hydrogens is 434 g/mol. The van der Waals surface area contributed by atoms with Crippen LogP contribution in [0.2, 0.25) is 0 Å². The minimum absolute atomic E-state index is 0.0431. The number of methoxy groups -OCH3 is 1. The molecule has 0 saturated carbocycles.